The Kier molecular flexibility index (Phi) is 3.08. The van der Waals surface area contributed by atoms with Gasteiger partial charge in [-0.3, -0.25) is 0 Å². The van der Waals surface area contributed by atoms with Crippen molar-refractivity contribution < 1.29 is 9.47 Å². The van der Waals surface area contributed by atoms with Crippen LogP contribution in [-0.4, -0.2) is 14.2 Å². The highest BCUT2D eigenvalue weighted by atomic mass is 16.5. The summed E-state index contributed by atoms with van der Waals surface area (Å²) in [7, 11) is 3.45. The van der Waals surface area contributed by atoms with E-state index in [4.69, 9.17) is 9.47 Å². The Labute approximate surface area is 110 Å². The molecule has 0 saturated carbocycles. The van der Waals surface area contributed by atoms with E-state index in [-0.39, 0.29) is 10.8 Å². The third-order valence-corrected chi connectivity index (χ3v) is 4.31. The number of ether oxygens (including phenoxy) is 2. The number of hydrogen-bond donors (Lipinski definition) is 0. The van der Waals surface area contributed by atoms with Gasteiger partial charge in [-0.25, -0.2) is 0 Å². The zero-order chi connectivity index (χ0) is 13.6. The van der Waals surface area contributed by atoms with E-state index < -0.39 is 0 Å². The van der Waals surface area contributed by atoms with E-state index in [1.165, 1.54) is 24.0 Å². The van der Waals surface area contributed by atoms with Gasteiger partial charge in [0.1, 0.15) is 11.5 Å². The largest absolute Gasteiger partial charge is 0.497 e. The van der Waals surface area contributed by atoms with Crippen LogP contribution < -0.4 is 9.47 Å². The van der Waals surface area contributed by atoms with E-state index in [0.29, 0.717) is 0 Å². The van der Waals surface area contributed by atoms with Crippen LogP contribution in [0.5, 0.6) is 11.5 Å². The number of methoxy groups -OCH3 is 2. The molecule has 0 heterocycles. The van der Waals surface area contributed by atoms with Crippen LogP contribution in [0.25, 0.3) is 0 Å². The van der Waals surface area contributed by atoms with E-state index in [0.717, 1.165) is 11.5 Å². The van der Waals surface area contributed by atoms with Gasteiger partial charge in [-0.1, -0.05) is 27.7 Å². The molecule has 2 heteroatoms. The average molecular weight is 248 g/mol. The van der Waals surface area contributed by atoms with Gasteiger partial charge in [0.25, 0.3) is 0 Å². The maximum Gasteiger partial charge on any atom is 0.126 e. The quantitative estimate of drug-likeness (QED) is 0.786. The lowest BCUT2D eigenvalue weighted by Gasteiger charge is -2.42. The molecule has 0 saturated heterocycles. The Balaban J connectivity index is 2.73. The van der Waals surface area contributed by atoms with Crippen LogP contribution in [0.15, 0.2) is 12.1 Å². The van der Waals surface area contributed by atoms with Crippen molar-refractivity contribution in [2.45, 2.75) is 51.4 Å². The van der Waals surface area contributed by atoms with Crippen LogP contribution in [0.4, 0.5) is 0 Å². The van der Waals surface area contributed by atoms with Gasteiger partial charge < -0.3 is 9.47 Å². The lowest BCUT2D eigenvalue weighted by molar-refractivity contribution is 0.308. The van der Waals surface area contributed by atoms with Crippen LogP contribution in [0.2, 0.25) is 0 Å². The van der Waals surface area contributed by atoms with E-state index >= 15 is 0 Å². The van der Waals surface area contributed by atoms with Crippen molar-refractivity contribution in [1.82, 2.24) is 0 Å². The molecule has 2 rings (SSSR count). The van der Waals surface area contributed by atoms with Crippen molar-refractivity contribution in [3.63, 3.8) is 0 Å². The Hall–Kier alpha value is -1.18. The second-order valence-electron chi connectivity index (χ2n) is 6.52. The van der Waals surface area contributed by atoms with Gasteiger partial charge in [0.2, 0.25) is 0 Å². The summed E-state index contributed by atoms with van der Waals surface area (Å²) >= 11 is 0. The molecule has 0 radical (unpaired) electrons. The average Bonchev–Trinajstić information content (AvgIpc) is 2.33. The highest BCUT2D eigenvalue weighted by molar-refractivity contribution is 5.54. The molecular weight excluding hydrogens is 224 g/mol. The molecule has 1 aliphatic rings. The normalized spacial score (nSPS) is 20.1. The van der Waals surface area contributed by atoms with Gasteiger partial charge in [-0.15, -0.1) is 0 Å². The SMILES string of the molecule is COc1cc(OC)c2c(c1)C(C)(C)CCC2(C)C. The summed E-state index contributed by atoms with van der Waals surface area (Å²) in [6.07, 6.45) is 2.39. The van der Waals surface area contributed by atoms with E-state index in [9.17, 15) is 0 Å². The van der Waals surface area contributed by atoms with Crippen molar-refractivity contribution in [3.8, 4) is 11.5 Å². The zero-order valence-electron chi connectivity index (χ0n) is 12.4. The molecule has 0 unspecified atom stereocenters. The van der Waals surface area contributed by atoms with E-state index in [1.54, 1.807) is 14.2 Å². The number of hydrogen-bond acceptors (Lipinski definition) is 2. The minimum Gasteiger partial charge on any atom is -0.497 e. The van der Waals surface area contributed by atoms with Gasteiger partial charge in [0, 0.05) is 11.6 Å². The standard InChI is InChI=1S/C16H24O2/c1-15(2)7-8-16(3,4)14-12(15)9-11(17-5)10-13(14)18-6/h9-10H,7-8H2,1-6H3. The molecular formula is C16H24O2. The molecule has 1 aromatic carbocycles. The van der Waals surface area contributed by atoms with Crippen LogP contribution in [0.3, 0.4) is 0 Å². The number of rotatable bonds is 2. The predicted octanol–water partition coefficient (Wildman–Crippen LogP) is 4.05. The van der Waals surface area contributed by atoms with Gasteiger partial charge >= 0.3 is 0 Å². The monoisotopic (exact) mass is 248 g/mol. The van der Waals surface area contributed by atoms with Gasteiger partial charge in [-0.05, 0) is 35.3 Å². The van der Waals surface area contributed by atoms with Crippen molar-refractivity contribution in [2.24, 2.45) is 0 Å². The first kappa shape index (κ1) is 13.3. The van der Waals surface area contributed by atoms with Gasteiger partial charge in [0.15, 0.2) is 0 Å². The summed E-state index contributed by atoms with van der Waals surface area (Å²) in [6.45, 7) is 9.21. The summed E-state index contributed by atoms with van der Waals surface area (Å²) in [5.74, 6) is 1.85. The Morgan fingerprint density at radius 2 is 1.50 bits per heavy atom. The number of fused-ring (bicyclic) bond motifs is 1. The lowest BCUT2D eigenvalue weighted by Crippen LogP contribution is -2.34. The van der Waals surface area contributed by atoms with Crippen LogP contribution >= 0.6 is 0 Å². The molecule has 0 aromatic heterocycles. The van der Waals surface area contributed by atoms with Crippen molar-refractivity contribution in [1.29, 1.82) is 0 Å². The fraction of sp³-hybridized carbons (Fsp3) is 0.625. The van der Waals surface area contributed by atoms with Gasteiger partial charge in [0.05, 0.1) is 14.2 Å². The van der Waals surface area contributed by atoms with Crippen molar-refractivity contribution in [2.75, 3.05) is 14.2 Å². The third-order valence-electron chi connectivity index (χ3n) is 4.31. The van der Waals surface area contributed by atoms with Crippen LogP contribution in [0.1, 0.15) is 51.7 Å². The molecule has 0 atom stereocenters. The molecule has 0 aliphatic heterocycles. The fourth-order valence-electron chi connectivity index (χ4n) is 2.99. The van der Waals surface area contributed by atoms with Crippen LogP contribution in [0, 0.1) is 0 Å². The van der Waals surface area contributed by atoms with Gasteiger partial charge in [-0.2, -0.15) is 0 Å². The third kappa shape index (κ3) is 1.98. The summed E-state index contributed by atoms with van der Waals surface area (Å²) in [5, 5.41) is 0. The minimum absolute atomic E-state index is 0.169. The minimum atomic E-state index is 0.169. The molecule has 1 aromatic rings. The maximum absolute atomic E-state index is 5.60. The second kappa shape index (κ2) is 4.18. The number of benzene rings is 1. The van der Waals surface area contributed by atoms with E-state index in [1.807, 2.05) is 6.07 Å². The Morgan fingerprint density at radius 1 is 0.889 bits per heavy atom. The Bertz CT molecular complexity index is 458. The second-order valence-corrected chi connectivity index (χ2v) is 6.52. The highest BCUT2D eigenvalue weighted by Crippen LogP contribution is 2.50. The molecule has 18 heavy (non-hydrogen) atoms. The summed E-state index contributed by atoms with van der Waals surface area (Å²) in [6, 6.07) is 4.18. The first-order valence-corrected chi connectivity index (χ1v) is 6.59. The Morgan fingerprint density at radius 3 is 2.06 bits per heavy atom. The first-order valence-electron chi connectivity index (χ1n) is 6.59. The molecule has 0 spiro atoms. The lowest BCUT2D eigenvalue weighted by atomic mass is 9.63. The smallest absolute Gasteiger partial charge is 0.126 e. The topological polar surface area (TPSA) is 18.5 Å². The molecule has 0 fully saturated rings. The fourth-order valence-corrected chi connectivity index (χ4v) is 2.99. The summed E-state index contributed by atoms with van der Waals surface area (Å²) in [4.78, 5) is 0. The molecule has 2 nitrogen and oxygen atoms in total. The van der Waals surface area contributed by atoms with Crippen molar-refractivity contribution >= 4 is 0 Å². The maximum atomic E-state index is 5.60. The summed E-state index contributed by atoms with van der Waals surface area (Å²) in [5.41, 5.74) is 3.08. The molecule has 100 valence electrons. The van der Waals surface area contributed by atoms with Crippen LogP contribution in [-0.2, 0) is 10.8 Å². The molecule has 0 amide bonds. The first-order chi connectivity index (χ1) is 8.31. The predicted molar refractivity (Wildman–Crippen MR) is 74.8 cm³/mol. The highest BCUT2D eigenvalue weighted by Gasteiger charge is 2.39. The summed E-state index contributed by atoms with van der Waals surface area (Å²) < 4.78 is 11.0. The molecule has 0 N–H and O–H groups in total. The van der Waals surface area contributed by atoms with Crippen molar-refractivity contribution in [3.05, 3.63) is 23.3 Å². The zero-order valence-corrected chi connectivity index (χ0v) is 12.4. The molecule has 0 bridgehead atoms. The molecule has 1 aliphatic carbocycles. The van der Waals surface area contributed by atoms with E-state index in [2.05, 4.69) is 33.8 Å².